The van der Waals surface area contributed by atoms with Crippen LogP contribution >= 0.6 is 44.4 Å². The molecule has 0 bridgehead atoms. The van der Waals surface area contributed by atoms with Crippen LogP contribution in [0.1, 0.15) is 15.9 Å². The number of carbonyl (C=O) groups is 1. The Bertz CT molecular complexity index is 664. The molecule has 0 N–H and O–H groups in total. The Morgan fingerprint density at radius 3 is 2.41 bits per heavy atom. The molecule has 0 fully saturated rings. The average Bonchev–Trinajstić information content (AvgIpc) is 2.34. The fourth-order valence-corrected chi connectivity index (χ4v) is 5.36. The first-order chi connectivity index (χ1) is 8.16. The van der Waals surface area contributed by atoms with Crippen molar-refractivity contribution in [2.45, 2.75) is 0 Å². The number of fused-ring (bicyclic) bond motifs is 2. The molecule has 0 amide bonds. The summed E-state index contributed by atoms with van der Waals surface area (Å²) in [5, 5.41) is 2.67. The number of hydrogen-bond acceptors (Lipinski definition) is 1. The zero-order valence-corrected chi connectivity index (χ0v) is 14.0. The van der Waals surface area contributed by atoms with E-state index in [9.17, 15) is 4.79 Å². The smallest absolute Gasteiger partial charge is 0.257 e. The Labute approximate surface area is 127 Å². The van der Waals surface area contributed by atoms with Gasteiger partial charge in [-0.15, -0.1) is 21.8 Å². The summed E-state index contributed by atoms with van der Waals surface area (Å²) in [6.45, 7) is 0. The lowest BCUT2D eigenvalue weighted by molar-refractivity contribution is 0.107. The van der Waals surface area contributed by atoms with Gasteiger partial charge in [-0.05, 0) is 37.7 Å². The molecule has 17 heavy (non-hydrogen) atoms. The van der Waals surface area contributed by atoms with E-state index in [0.29, 0.717) is 5.41 Å². The first-order valence-corrected chi connectivity index (χ1v) is 10.8. The molecule has 1 aliphatic rings. The molecule has 0 atom stereocenters. The third kappa shape index (κ3) is 1.99. The van der Waals surface area contributed by atoms with Gasteiger partial charge in [0.05, 0.1) is 0 Å². The number of rotatable bonds is 0. The van der Waals surface area contributed by atoms with Gasteiger partial charge in [0.2, 0.25) is 0 Å². The third-order valence-electron chi connectivity index (χ3n) is 2.85. The summed E-state index contributed by atoms with van der Waals surface area (Å²) in [5.41, 5.74) is 1.97. The van der Waals surface area contributed by atoms with Crippen molar-refractivity contribution >= 4 is 72.9 Å². The van der Waals surface area contributed by atoms with Crippen LogP contribution < -0.4 is 0 Å². The second-order valence-electron chi connectivity index (χ2n) is 3.92. The van der Waals surface area contributed by atoms with Gasteiger partial charge >= 0.3 is 0 Å². The fourth-order valence-electron chi connectivity index (χ4n) is 2.00. The molecular weight excluding hydrogens is 454 g/mol. The monoisotopic (exact) mass is 461 g/mol. The van der Waals surface area contributed by atoms with Crippen molar-refractivity contribution in [2.24, 2.45) is 0 Å². The van der Waals surface area contributed by atoms with Crippen LogP contribution in [-0.4, -0.2) is 11.7 Å². The highest BCUT2D eigenvalue weighted by atomic mass is 127. The lowest BCUT2D eigenvalue weighted by Gasteiger charge is -2.16. The first-order valence-electron chi connectivity index (χ1n) is 5.14. The summed E-state index contributed by atoms with van der Waals surface area (Å²) < 4.78 is 1.21. The van der Waals surface area contributed by atoms with E-state index in [1.54, 1.807) is 0 Å². The van der Waals surface area contributed by atoms with E-state index < -0.39 is 6.29 Å². The number of benzene rings is 2. The van der Waals surface area contributed by atoms with Crippen molar-refractivity contribution in [3.63, 3.8) is 0 Å². The molecular formula is C13H7I2OSi. The molecule has 2 aromatic carbocycles. The van der Waals surface area contributed by atoms with E-state index in [1.165, 1.54) is 8.59 Å². The molecule has 0 aromatic heterocycles. The fraction of sp³-hybridized carbons (Fsp3) is 0. The molecule has 0 saturated heterocycles. The van der Waals surface area contributed by atoms with Crippen LogP contribution in [0.5, 0.6) is 0 Å². The summed E-state index contributed by atoms with van der Waals surface area (Å²) in [6, 6.07) is 12.3. The molecule has 1 aliphatic heterocycles. The van der Waals surface area contributed by atoms with E-state index in [1.807, 2.05) is 18.2 Å². The minimum atomic E-state index is -1.05. The highest BCUT2D eigenvalue weighted by Crippen LogP contribution is 2.32. The molecule has 83 valence electrons. The van der Waals surface area contributed by atoms with Crippen molar-refractivity contribution < 1.29 is 4.79 Å². The summed E-state index contributed by atoms with van der Waals surface area (Å²) in [7, 11) is 0. The Morgan fingerprint density at radius 1 is 1.06 bits per heavy atom. The highest BCUT2D eigenvalue weighted by Gasteiger charge is 2.28. The van der Waals surface area contributed by atoms with Crippen molar-refractivity contribution in [1.29, 1.82) is 0 Å². The van der Waals surface area contributed by atoms with Crippen LogP contribution in [0.3, 0.4) is 0 Å². The summed E-state index contributed by atoms with van der Waals surface area (Å²) >= 11 is 4.60. The first kappa shape index (κ1) is 11.9. The van der Waals surface area contributed by atoms with Gasteiger partial charge < -0.3 is 0 Å². The van der Waals surface area contributed by atoms with Gasteiger partial charge in [0.15, 0.2) is 5.41 Å². The maximum atomic E-state index is 12.3. The number of carbonyl (C=O) groups excluding carboxylic acids is 1. The summed E-state index contributed by atoms with van der Waals surface area (Å²) in [6.07, 6.45) is 1.11. The van der Waals surface area contributed by atoms with Crippen molar-refractivity contribution in [3.8, 4) is 0 Å². The van der Waals surface area contributed by atoms with E-state index in [-0.39, 0.29) is 0 Å². The molecule has 0 aliphatic carbocycles. The normalized spacial score (nSPS) is 15.9. The number of hydrogen-bond donors (Lipinski definition) is 0. The van der Waals surface area contributed by atoms with Gasteiger partial charge in [0, 0.05) is 5.56 Å². The van der Waals surface area contributed by atoms with Crippen LogP contribution in [0, 0.1) is 0 Å². The predicted octanol–water partition coefficient (Wildman–Crippen LogP) is 4.32. The van der Waals surface area contributed by atoms with E-state index in [0.717, 1.165) is 16.5 Å². The minimum absolute atomic E-state index is 0.322. The van der Waals surface area contributed by atoms with Gasteiger partial charge in [0.1, 0.15) is 0 Å². The van der Waals surface area contributed by atoms with Crippen molar-refractivity contribution in [3.05, 3.63) is 50.7 Å². The van der Waals surface area contributed by atoms with Crippen LogP contribution in [0.25, 0.3) is 16.8 Å². The molecule has 1 radical (unpaired) electrons. The van der Waals surface area contributed by atoms with Crippen LogP contribution in [0.15, 0.2) is 39.6 Å². The molecule has 1 nitrogen and oxygen atoms in total. The standard InChI is InChI=1S/C13H7I2OSi/c14-12-7-10-5-8-3-1-2-4-9(8)6-11(10)13(16)17(12)15/h1-7H. The second-order valence-corrected chi connectivity index (χ2v) is 11.0. The van der Waals surface area contributed by atoms with Crippen LogP contribution in [-0.2, 0) is 0 Å². The molecule has 4 heteroatoms. The highest BCUT2D eigenvalue weighted by molar-refractivity contribution is 14.1. The Kier molecular flexibility index (Phi) is 3.12. The topological polar surface area (TPSA) is 17.1 Å². The van der Waals surface area contributed by atoms with Gasteiger partial charge in [-0.3, -0.25) is 4.79 Å². The van der Waals surface area contributed by atoms with Crippen LogP contribution in [0.2, 0.25) is 0 Å². The Hall–Kier alpha value is -0.213. The largest absolute Gasteiger partial charge is 0.299 e. The number of halogens is 2. The van der Waals surface area contributed by atoms with Crippen LogP contribution in [0.4, 0.5) is 0 Å². The molecule has 0 unspecified atom stereocenters. The lowest BCUT2D eigenvalue weighted by Crippen LogP contribution is -2.23. The predicted molar refractivity (Wildman–Crippen MR) is 90.0 cm³/mol. The third-order valence-corrected chi connectivity index (χ3v) is 12.3. The lowest BCUT2D eigenvalue weighted by atomic mass is 10.0. The van der Waals surface area contributed by atoms with Gasteiger partial charge in [-0.2, -0.15) is 0 Å². The Morgan fingerprint density at radius 2 is 1.71 bits per heavy atom. The Balaban J connectivity index is 2.34. The second kappa shape index (κ2) is 4.47. The van der Waals surface area contributed by atoms with Gasteiger partial charge in [0.25, 0.3) is 6.29 Å². The molecule has 2 aromatic rings. The van der Waals surface area contributed by atoms with Gasteiger partial charge in [-0.25, -0.2) is 0 Å². The SMILES string of the molecule is O=C1c2cc3ccccc3cc2C=C(I)[Si]1I. The zero-order valence-electron chi connectivity index (χ0n) is 8.71. The molecule has 1 heterocycles. The maximum absolute atomic E-state index is 12.3. The quantitative estimate of drug-likeness (QED) is 0.325. The van der Waals surface area contributed by atoms with E-state index in [4.69, 9.17) is 0 Å². The average molecular weight is 461 g/mol. The molecule has 0 spiro atoms. The van der Waals surface area contributed by atoms with E-state index >= 15 is 0 Å². The van der Waals surface area contributed by atoms with Gasteiger partial charge in [-0.1, -0.05) is 46.9 Å². The zero-order chi connectivity index (χ0) is 12.0. The van der Waals surface area contributed by atoms with E-state index in [2.05, 4.69) is 68.7 Å². The minimum Gasteiger partial charge on any atom is -0.299 e. The maximum Gasteiger partial charge on any atom is 0.257 e. The van der Waals surface area contributed by atoms with Crippen molar-refractivity contribution in [1.82, 2.24) is 0 Å². The van der Waals surface area contributed by atoms with Crippen molar-refractivity contribution in [2.75, 3.05) is 0 Å². The molecule has 3 rings (SSSR count). The molecule has 0 saturated carbocycles. The summed E-state index contributed by atoms with van der Waals surface area (Å²) in [5.74, 6) is 0. The summed E-state index contributed by atoms with van der Waals surface area (Å²) in [4.78, 5) is 12.3.